The summed E-state index contributed by atoms with van der Waals surface area (Å²) in [6.07, 6.45) is -0.140. The molecule has 0 unspecified atom stereocenters. The Morgan fingerprint density at radius 3 is 2.62 bits per heavy atom. The van der Waals surface area contributed by atoms with Crippen molar-refractivity contribution in [3.63, 3.8) is 0 Å². The number of hydrogen-bond acceptors (Lipinski definition) is 3. The Morgan fingerprint density at radius 2 is 1.90 bits per heavy atom. The van der Waals surface area contributed by atoms with Crippen molar-refractivity contribution in [1.29, 1.82) is 0 Å². The monoisotopic (exact) mass is 413 g/mol. The first kappa shape index (κ1) is 20.8. The van der Waals surface area contributed by atoms with Gasteiger partial charge in [0, 0.05) is 33.3 Å². The van der Waals surface area contributed by atoms with Crippen molar-refractivity contribution in [3.05, 3.63) is 88.2 Å². The second-order valence-electron chi connectivity index (χ2n) is 6.77. The summed E-state index contributed by atoms with van der Waals surface area (Å²) >= 11 is 6.31. The third-order valence-electron chi connectivity index (χ3n) is 4.57. The topological polar surface area (TPSA) is 72.5 Å². The SMILES string of the molecule is C[C@@H](N)c1cccc(-c2ccc(Cl)c(COc3ccccc3CC(=O)O)c2)c1F. The van der Waals surface area contributed by atoms with Crippen molar-refractivity contribution < 1.29 is 19.0 Å². The standard InChI is InChI=1S/C23H21ClFNO3/c1-14(26)18-6-4-7-19(23(18)25)15-9-10-20(24)17(11-15)13-29-21-8-3-2-5-16(21)12-22(27)28/h2-11,14H,12-13,26H2,1H3,(H,27,28)/t14-/m1/s1. The molecular weight excluding hydrogens is 393 g/mol. The highest BCUT2D eigenvalue weighted by molar-refractivity contribution is 6.31. The molecule has 29 heavy (non-hydrogen) atoms. The van der Waals surface area contributed by atoms with Crippen molar-refractivity contribution in [2.75, 3.05) is 0 Å². The van der Waals surface area contributed by atoms with Gasteiger partial charge in [-0.15, -0.1) is 0 Å². The zero-order chi connectivity index (χ0) is 21.0. The largest absolute Gasteiger partial charge is 0.489 e. The molecule has 0 saturated carbocycles. The van der Waals surface area contributed by atoms with E-state index in [0.717, 1.165) is 0 Å². The highest BCUT2D eigenvalue weighted by Crippen LogP contribution is 2.31. The third kappa shape index (κ3) is 4.94. The molecule has 4 nitrogen and oxygen atoms in total. The number of benzene rings is 3. The van der Waals surface area contributed by atoms with E-state index in [4.69, 9.17) is 27.2 Å². The van der Waals surface area contributed by atoms with Gasteiger partial charge in [0.1, 0.15) is 18.2 Å². The smallest absolute Gasteiger partial charge is 0.307 e. The van der Waals surface area contributed by atoms with Crippen LogP contribution in [0.3, 0.4) is 0 Å². The number of carboxylic acid groups (broad SMARTS) is 1. The third-order valence-corrected chi connectivity index (χ3v) is 4.94. The summed E-state index contributed by atoms with van der Waals surface area (Å²) in [4.78, 5) is 11.0. The van der Waals surface area contributed by atoms with Crippen molar-refractivity contribution in [1.82, 2.24) is 0 Å². The maximum absolute atomic E-state index is 14.9. The molecule has 0 bridgehead atoms. The van der Waals surface area contributed by atoms with Crippen molar-refractivity contribution in [2.24, 2.45) is 5.73 Å². The lowest BCUT2D eigenvalue weighted by Gasteiger charge is -2.14. The molecule has 0 saturated heterocycles. The van der Waals surface area contributed by atoms with Crippen LogP contribution in [-0.4, -0.2) is 11.1 Å². The van der Waals surface area contributed by atoms with Crippen molar-refractivity contribution in [3.8, 4) is 16.9 Å². The van der Waals surface area contributed by atoms with Crippen LogP contribution in [0.15, 0.2) is 60.7 Å². The number of para-hydroxylation sites is 1. The Bertz CT molecular complexity index is 1040. The molecule has 0 aliphatic rings. The average Bonchev–Trinajstić information content (AvgIpc) is 2.68. The van der Waals surface area contributed by atoms with E-state index in [1.165, 1.54) is 0 Å². The van der Waals surface area contributed by atoms with E-state index in [1.54, 1.807) is 67.6 Å². The zero-order valence-corrected chi connectivity index (χ0v) is 16.6. The van der Waals surface area contributed by atoms with Gasteiger partial charge in [-0.3, -0.25) is 4.79 Å². The molecular formula is C23H21ClFNO3. The van der Waals surface area contributed by atoms with Crippen LogP contribution in [0.25, 0.3) is 11.1 Å². The highest BCUT2D eigenvalue weighted by atomic mass is 35.5. The molecule has 0 heterocycles. The Labute approximate surface area is 173 Å². The molecule has 6 heteroatoms. The number of halogens is 2. The lowest BCUT2D eigenvalue weighted by molar-refractivity contribution is -0.136. The second kappa shape index (κ2) is 9.07. The fourth-order valence-electron chi connectivity index (χ4n) is 3.09. The Balaban J connectivity index is 1.88. The number of hydrogen-bond donors (Lipinski definition) is 2. The van der Waals surface area contributed by atoms with Gasteiger partial charge in [0.2, 0.25) is 0 Å². The fraction of sp³-hybridized carbons (Fsp3) is 0.174. The molecule has 0 amide bonds. The van der Waals surface area contributed by atoms with Crippen LogP contribution >= 0.6 is 11.6 Å². The first-order valence-electron chi connectivity index (χ1n) is 9.12. The summed E-state index contributed by atoms with van der Waals surface area (Å²) < 4.78 is 20.7. The number of nitrogens with two attached hydrogens (primary N) is 1. The van der Waals surface area contributed by atoms with Gasteiger partial charge in [-0.25, -0.2) is 4.39 Å². The van der Waals surface area contributed by atoms with Crippen LogP contribution in [0.5, 0.6) is 5.75 Å². The summed E-state index contributed by atoms with van der Waals surface area (Å²) in [7, 11) is 0. The number of ether oxygens (including phenoxy) is 1. The van der Waals surface area contributed by atoms with Gasteiger partial charge in [0.05, 0.1) is 6.42 Å². The summed E-state index contributed by atoms with van der Waals surface area (Å²) in [5, 5.41) is 9.53. The fourth-order valence-corrected chi connectivity index (χ4v) is 3.26. The molecule has 150 valence electrons. The van der Waals surface area contributed by atoms with Crippen molar-refractivity contribution in [2.45, 2.75) is 26.0 Å². The van der Waals surface area contributed by atoms with Crippen LogP contribution in [0, 0.1) is 5.82 Å². The summed E-state index contributed by atoms with van der Waals surface area (Å²) in [6, 6.07) is 16.9. The van der Waals surface area contributed by atoms with E-state index in [9.17, 15) is 9.18 Å². The van der Waals surface area contributed by atoms with Crippen LogP contribution in [0.2, 0.25) is 5.02 Å². The molecule has 0 spiro atoms. The molecule has 0 radical (unpaired) electrons. The Hall–Kier alpha value is -2.89. The van der Waals surface area contributed by atoms with E-state index >= 15 is 0 Å². The normalized spacial score (nSPS) is 11.9. The number of carbonyl (C=O) groups is 1. The maximum Gasteiger partial charge on any atom is 0.307 e. The molecule has 3 rings (SSSR count). The lowest BCUT2D eigenvalue weighted by Crippen LogP contribution is -2.08. The van der Waals surface area contributed by atoms with Crippen LogP contribution in [-0.2, 0) is 17.8 Å². The van der Waals surface area contributed by atoms with Gasteiger partial charge in [-0.1, -0.05) is 54.1 Å². The predicted octanol–water partition coefficient (Wildman–Crippen LogP) is 5.37. The van der Waals surface area contributed by atoms with E-state index in [2.05, 4.69) is 0 Å². The summed E-state index contributed by atoms with van der Waals surface area (Å²) in [5.41, 5.74) is 8.63. The molecule has 3 aromatic rings. The van der Waals surface area contributed by atoms with E-state index in [0.29, 0.717) is 38.6 Å². The van der Waals surface area contributed by atoms with E-state index in [1.807, 2.05) is 0 Å². The van der Waals surface area contributed by atoms with Crippen LogP contribution in [0.4, 0.5) is 4.39 Å². The van der Waals surface area contributed by atoms with Gasteiger partial charge in [0.25, 0.3) is 0 Å². The first-order chi connectivity index (χ1) is 13.9. The minimum atomic E-state index is -0.939. The summed E-state index contributed by atoms with van der Waals surface area (Å²) in [6.45, 7) is 1.86. The number of aliphatic carboxylic acids is 1. The quantitative estimate of drug-likeness (QED) is 0.546. The first-order valence-corrected chi connectivity index (χ1v) is 9.50. The second-order valence-corrected chi connectivity index (χ2v) is 7.18. The minimum absolute atomic E-state index is 0.123. The molecule has 3 N–H and O–H groups in total. The van der Waals surface area contributed by atoms with Gasteiger partial charge in [0.15, 0.2) is 0 Å². The van der Waals surface area contributed by atoms with Gasteiger partial charge in [-0.2, -0.15) is 0 Å². The minimum Gasteiger partial charge on any atom is -0.489 e. The number of carboxylic acids is 1. The molecule has 0 aromatic heterocycles. The van der Waals surface area contributed by atoms with E-state index < -0.39 is 12.0 Å². The maximum atomic E-state index is 14.9. The predicted molar refractivity (Wildman–Crippen MR) is 112 cm³/mol. The van der Waals surface area contributed by atoms with Gasteiger partial charge < -0.3 is 15.6 Å². The highest BCUT2D eigenvalue weighted by Gasteiger charge is 2.14. The lowest BCUT2D eigenvalue weighted by atomic mass is 9.98. The van der Waals surface area contributed by atoms with Gasteiger partial charge in [-0.05, 0) is 30.7 Å². The summed E-state index contributed by atoms with van der Waals surface area (Å²) in [5.74, 6) is -0.824. The molecule has 0 aliphatic carbocycles. The zero-order valence-electron chi connectivity index (χ0n) is 15.9. The van der Waals surface area contributed by atoms with Gasteiger partial charge >= 0.3 is 5.97 Å². The molecule has 0 aliphatic heterocycles. The molecule has 1 atom stereocenters. The number of rotatable bonds is 7. The molecule has 3 aromatic carbocycles. The Morgan fingerprint density at radius 1 is 1.14 bits per heavy atom. The van der Waals surface area contributed by atoms with Crippen LogP contribution in [0.1, 0.15) is 29.7 Å². The van der Waals surface area contributed by atoms with Crippen molar-refractivity contribution >= 4 is 17.6 Å². The van der Waals surface area contributed by atoms with Crippen LogP contribution < -0.4 is 10.5 Å². The molecule has 0 fully saturated rings. The average molecular weight is 414 g/mol. The Kier molecular flexibility index (Phi) is 6.52. The van der Waals surface area contributed by atoms with E-state index in [-0.39, 0.29) is 18.8 Å².